The zero-order chi connectivity index (χ0) is 16.1. The van der Waals surface area contributed by atoms with Gasteiger partial charge in [-0.3, -0.25) is 14.5 Å². The third kappa shape index (κ3) is 1.96. The molecule has 5 heteroatoms. The number of carbonyl (C=O) groups is 3. The SMILES string of the molecule is COC(=O)c1ccc(N2C(=O)[C@@H]3[C@H](C2=O)[C@@H]2C=C[C@H]3CC2)cc1. The lowest BCUT2D eigenvalue weighted by Gasteiger charge is -2.38. The maximum Gasteiger partial charge on any atom is 0.337 e. The molecule has 2 amide bonds. The highest BCUT2D eigenvalue weighted by molar-refractivity contribution is 6.22. The van der Waals surface area contributed by atoms with E-state index < -0.39 is 5.97 Å². The molecule has 1 aliphatic heterocycles. The molecule has 0 radical (unpaired) electrons. The summed E-state index contributed by atoms with van der Waals surface area (Å²) < 4.78 is 4.66. The second-order valence-corrected chi connectivity index (χ2v) is 6.39. The van der Waals surface area contributed by atoms with Crippen molar-refractivity contribution in [1.29, 1.82) is 0 Å². The standard InChI is InChI=1S/C18H17NO4/c1-23-18(22)12-6-8-13(9-7-12)19-16(20)14-10-2-3-11(5-4-10)15(14)17(19)21/h2-3,6-11,14-15H,4-5H2,1H3/t10-,11+,14-,15+. The molecule has 0 spiro atoms. The summed E-state index contributed by atoms with van der Waals surface area (Å²) in [6.45, 7) is 0. The highest BCUT2D eigenvalue weighted by atomic mass is 16.5. The summed E-state index contributed by atoms with van der Waals surface area (Å²) in [5.41, 5.74) is 0.927. The molecule has 4 atom stereocenters. The highest BCUT2D eigenvalue weighted by Crippen LogP contribution is 2.50. The zero-order valence-corrected chi connectivity index (χ0v) is 12.8. The number of anilines is 1. The number of ether oxygens (including phenoxy) is 1. The molecule has 1 aromatic carbocycles. The minimum atomic E-state index is -0.438. The maximum atomic E-state index is 12.8. The molecule has 0 unspecified atom stereocenters. The third-order valence-electron chi connectivity index (χ3n) is 5.31. The van der Waals surface area contributed by atoms with Gasteiger partial charge in [-0.1, -0.05) is 12.2 Å². The number of fused-ring (bicyclic) bond motifs is 1. The Labute approximate surface area is 133 Å². The molecule has 1 aromatic rings. The predicted octanol–water partition coefficient (Wildman–Crippen LogP) is 2.17. The van der Waals surface area contributed by atoms with Crippen molar-refractivity contribution < 1.29 is 19.1 Å². The normalized spacial score (nSPS) is 31.4. The van der Waals surface area contributed by atoms with E-state index in [0.29, 0.717) is 11.3 Å². The van der Waals surface area contributed by atoms with E-state index in [1.54, 1.807) is 24.3 Å². The van der Waals surface area contributed by atoms with E-state index in [4.69, 9.17) is 0 Å². The molecule has 2 fully saturated rings. The van der Waals surface area contributed by atoms with E-state index in [1.807, 2.05) is 0 Å². The van der Waals surface area contributed by atoms with Gasteiger partial charge in [-0.25, -0.2) is 4.79 Å². The van der Waals surface area contributed by atoms with Gasteiger partial charge < -0.3 is 4.74 Å². The van der Waals surface area contributed by atoms with E-state index in [9.17, 15) is 14.4 Å². The van der Waals surface area contributed by atoms with Crippen molar-refractivity contribution in [2.45, 2.75) is 12.8 Å². The Balaban J connectivity index is 1.67. The molecule has 3 aliphatic carbocycles. The van der Waals surface area contributed by atoms with Gasteiger partial charge in [-0.05, 0) is 48.9 Å². The molecule has 4 aliphatic rings. The molecule has 2 bridgehead atoms. The van der Waals surface area contributed by atoms with Crippen molar-refractivity contribution in [1.82, 2.24) is 0 Å². The number of allylic oxidation sites excluding steroid dienone is 2. The second kappa shape index (κ2) is 5.05. The average Bonchev–Trinajstić information content (AvgIpc) is 2.89. The molecule has 5 rings (SSSR count). The molecule has 1 saturated heterocycles. The van der Waals surface area contributed by atoms with E-state index in [-0.39, 0.29) is 35.5 Å². The summed E-state index contributed by atoms with van der Waals surface area (Å²) >= 11 is 0. The van der Waals surface area contributed by atoms with Crippen LogP contribution in [-0.4, -0.2) is 24.9 Å². The Kier molecular flexibility index (Phi) is 3.11. The van der Waals surface area contributed by atoms with Crippen LogP contribution in [0, 0.1) is 23.7 Å². The lowest BCUT2D eigenvalue weighted by Crippen LogP contribution is -2.38. The average molecular weight is 311 g/mol. The van der Waals surface area contributed by atoms with Crippen LogP contribution in [0.15, 0.2) is 36.4 Å². The van der Waals surface area contributed by atoms with Gasteiger partial charge in [0.1, 0.15) is 0 Å². The van der Waals surface area contributed by atoms with Crippen LogP contribution in [0.3, 0.4) is 0 Å². The van der Waals surface area contributed by atoms with Gasteiger partial charge in [0.25, 0.3) is 0 Å². The summed E-state index contributed by atoms with van der Waals surface area (Å²) in [5.74, 6) is -0.721. The number of carbonyl (C=O) groups excluding carboxylic acids is 3. The van der Waals surface area contributed by atoms with Crippen molar-refractivity contribution in [3.8, 4) is 0 Å². The van der Waals surface area contributed by atoms with E-state index in [0.717, 1.165) is 12.8 Å². The fraction of sp³-hybridized carbons (Fsp3) is 0.389. The first-order chi connectivity index (χ1) is 11.1. The van der Waals surface area contributed by atoms with Crippen molar-refractivity contribution in [3.63, 3.8) is 0 Å². The van der Waals surface area contributed by atoms with Gasteiger partial charge in [-0.2, -0.15) is 0 Å². The Hall–Kier alpha value is -2.43. The van der Waals surface area contributed by atoms with Crippen LogP contribution in [0.1, 0.15) is 23.2 Å². The van der Waals surface area contributed by atoms with Gasteiger partial charge in [0, 0.05) is 0 Å². The van der Waals surface area contributed by atoms with Crippen LogP contribution in [0.2, 0.25) is 0 Å². The number of nitrogens with zero attached hydrogens (tertiary/aromatic N) is 1. The first kappa shape index (κ1) is 14.2. The molecule has 0 N–H and O–H groups in total. The number of esters is 1. The van der Waals surface area contributed by atoms with Gasteiger partial charge in [-0.15, -0.1) is 0 Å². The second-order valence-electron chi connectivity index (χ2n) is 6.39. The molecule has 1 heterocycles. The Morgan fingerprint density at radius 3 is 1.96 bits per heavy atom. The van der Waals surface area contributed by atoms with E-state index in [2.05, 4.69) is 16.9 Å². The Bertz CT molecular complexity index is 689. The summed E-state index contributed by atoms with van der Waals surface area (Å²) in [4.78, 5) is 38.4. The molecule has 5 nitrogen and oxygen atoms in total. The van der Waals surface area contributed by atoms with Crippen molar-refractivity contribution in [3.05, 3.63) is 42.0 Å². The molecular weight excluding hydrogens is 294 g/mol. The smallest absolute Gasteiger partial charge is 0.337 e. The molecule has 0 aromatic heterocycles. The summed E-state index contributed by atoms with van der Waals surface area (Å²) in [6.07, 6.45) is 6.17. The quantitative estimate of drug-likeness (QED) is 0.477. The van der Waals surface area contributed by atoms with Crippen LogP contribution < -0.4 is 4.90 Å². The van der Waals surface area contributed by atoms with Gasteiger partial charge in [0.2, 0.25) is 11.8 Å². The van der Waals surface area contributed by atoms with Crippen LogP contribution >= 0.6 is 0 Å². The third-order valence-corrected chi connectivity index (χ3v) is 5.31. The van der Waals surface area contributed by atoms with E-state index in [1.165, 1.54) is 12.0 Å². The number of rotatable bonds is 2. The molecule has 118 valence electrons. The fourth-order valence-electron chi connectivity index (χ4n) is 4.19. The van der Waals surface area contributed by atoms with Crippen LogP contribution in [0.4, 0.5) is 5.69 Å². The summed E-state index contributed by atoms with van der Waals surface area (Å²) in [6, 6.07) is 6.43. The largest absolute Gasteiger partial charge is 0.465 e. The topological polar surface area (TPSA) is 63.7 Å². The van der Waals surface area contributed by atoms with Gasteiger partial charge in [0.05, 0.1) is 30.2 Å². The monoisotopic (exact) mass is 311 g/mol. The lowest BCUT2D eigenvalue weighted by atomic mass is 9.63. The fourth-order valence-corrected chi connectivity index (χ4v) is 4.19. The number of hydrogen-bond donors (Lipinski definition) is 0. The zero-order valence-electron chi connectivity index (χ0n) is 12.8. The number of imide groups is 1. The van der Waals surface area contributed by atoms with Crippen molar-refractivity contribution in [2.75, 3.05) is 12.0 Å². The van der Waals surface area contributed by atoms with Crippen molar-refractivity contribution >= 4 is 23.5 Å². The number of hydrogen-bond acceptors (Lipinski definition) is 4. The van der Waals surface area contributed by atoms with Gasteiger partial charge >= 0.3 is 5.97 Å². The Morgan fingerprint density at radius 1 is 1.00 bits per heavy atom. The minimum absolute atomic E-state index is 0.107. The first-order valence-corrected chi connectivity index (χ1v) is 7.86. The predicted molar refractivity (Wildman–Crippen MR) is 82.6 cm³/mol. The van der Waals surface area contributed by atoms with Crippen LogP contribution in [0.5, 0.6) is 0 Å². The summed E-state index contributed by atoms with van der Waals surface area (Å²) in [7, 11) is 1.32. The van der Waals surface area contributed by atoms with Crippen LogP contribution in [0.25, 0.3) is 0 Å². The molecular formula is C18H17NO4. The lowest BCUT2D eigenvalue weighted by molar-refractivity contribution is -0.124. The van der Waals surface area contributed by atoms with E-state index >= 15 is 0 Å². The highest BCUT2D eigenvalue weighted by Gasteiger charge is 2.56. The minimum Gasteiger partial charge on any atom is -0.465 e. The number of amides is 2. The van der Waals surface area contributed by atoms with Gasteiger partial charge in [0.15, 0.2) is 0 Å². The van der Waals surface area contributed by atoms with Crippen LogP contribution in [-0.2, 0) is 14.3 Å². The summed E-state index contributed by atoms with van der Waals surface area (Å²) in [5, 5.41) is 0. The first-order valence-electron chi connectivity index (χ1n) is 7.86. The molecule has 23 heavy (non-hydrogen) atoms. The Morgan fingerprint density at radius 2 is 1.52 bits per heavy atom. The molecule has 1 saturated carbocycles. The number of benzene rings is 1. The number of methoxy groups -OCH3 is 1. The maximum absolute atomic E-state index is 12.8. The van der Waals surface area contributed by atoms with Crippen molar-refractivity contribution in [2.24, 2.45) is 23.7 Å².